The van der Waals surface area contributed by atoms with Gasteiger partial charge in [-0.3, -0.25) is 4.99 Å². The number of aliphatic imine (C=N–C) groups is 1. The molecular weight excluding hydrogens is 394 g/mol. The quantitative estimate of drug-likeness (QED) is 0.760. The number of hydrogen-bond donors (Lipinski definition) is 1. The molecule has 0 bridgehead atoms. The third-order valence-corrected chi connectivity index (χ3v) is 7.73. The lowest BCUT2D eigenvalue weighted by Crippen LogP contribution is -2.37. The number of nitrogens with zero attached hydrogens (tertiary/aromatic N) is 2. The summed E-state index contributed by atoms with van der Waals surface area (Å²) in [7, 11) is -3.53. The van der Waals surface area contributed by atoms with Crippen molar-refractivity contribution in [1.29, 1.82) is 0 Å². The number of para-hydroxylation sites is 1. The van der Waals surface area contributed by atoms with E-state index >= 15 is 0 Å². The van der Waals surface area contributed by atoms with Gasteiger partial charge in [-0.2, -0.15) is 0 Å². The summed E-state index contributed by atoms with van der Waals surface area (Å²) in [4.78, 5) is 4.61. The highest BCUT2D eigenvalue weighted by atomic mass is 32.2. The highest BCUT2D eigenvalue weighted by molar-refractivity contribution is 7.92. The monoisotopic (exact) mass is 423 g/mol. The average Bonchev–Trinajstić information content (AvgIpc) is 2.94. The van der Waals surface area contributed by atoms with Crippen LogP contribution in [0.25, 0.3) is 0 Å². The van der Waals surface area contributed by atoms with Crippen molar-refractivity contribution in [3.05, 3.63) is 77.6 Å². The predicted octanol–water partition coefficient (Wildman–Crippen LogP) is 4.12. The van der Waals surface area contributed by atoms with Gasteiger partial charge in [-0.15, -0.1) is 0 Å². The predicted molar refractivity (Wildman–Crippen MR) is 123 cm³/mol. The molecule has 4 rings (SSSR count). The first-order chi connectivity index (χ1) is 14.5. The Balaban J connectivity index is 1.63. The number of sulfonamides is 1. The van der Waals surface area contributed by atoms with Crippen LogP contribution in [0.3, 0.4) is 0 Å². The zero-order valence-corrected chi connectivity index (χ0v) is 18.2. The molecule has 158 valence electrons. The Hall–Kier alpha value is -2.44. The van der Waals surface area contributed by atoms with Crippen molar-refractivity contribution in [2.75, 3.05) is 23.1 Å². The van der Waals surface area contributed by atoms with Crippen LogP contribution in [-0.4, -0.2) is 33.5 Å². The van der Waals surface area contributed by atoms with Gasteiger partial charge >= 0.3 is 0 Å². The maximum Gasteiger partial charge on any atom is 0.239 e. The average molecular weight is 424 g/mol. The Labute approximate surface area is 179 Å². The van der Waals surface area contributed by atoms with E-state index in [1.54, 1.807) is 12.4 Å². The van der Waals surface area contributed by atoms with Crippen molar-refractivity contribution < 1.29 is 8.42 Å². The van der Waals surface area contributed by atoms with Gasteiger partial charge in [0.15, 0.2) is 0 Å². The van der Waals surface area contributed by atoms with Crippen LogP contribution in [0.4, 0.5) is 5.69 Å². The minimum absolute atomic E-state index is 0.0662. The smallest absolute Gasteiger partial charge is 0.239 e. The Morgan fingerprint density at radius 2 is 1.73 bits per heavy atom. The number of hydrogen-bond acceptors (Lipinski definition) is 4. The van der Waals surface area contributed by atoms with Crippen molar-refractivity contribution in [3.8, 4) is 0 Å². The summed E-state index contributed by atoms with van der Waals surface area (Å²) in [5, 5.41) is 3.36. The lowest BCUT2D eigenvalue weighted by Gasteiger charge is -2.34. The molecule has 0 unspecified atom stereocenters. The van der Waals surface area contributed by atoms with Gasteiger partial charge in [0.1, 0.15) is 0 Å². The molecule has 0 spiro atoms. The Bertz CT molecular complexity index is 1040. The number of allylic oxidation sites excluding steroid dienone is 1. The molecule has 0 amide bonds. The minimum atomic E-state index is -3.53. The summed E-state index contributed by atoms with van der Waals surface area (Å²) < 4.78 is 28.4. The molecule has 2 heterocycles. The highest BCUT2D eigenvalue weighted by Gasteiger charge is 2.31. The Morgan fingerprint density at radius 1 is 1.03 bits per heavy atom. The van der Waals surface area contributed by atoms with Gasteiger partial charge in [-0.25, -0.2) is 12.7 Å². The molecule has 5 nitrogen and oxygen atoms in total. The largest absolute Gasteiger partial charge is 0.317 e. The first-order valence-corrected chi connectivity index (χ1v) is 12.2. The summed E-state index contributed by atoms with van der Waals surface area (Å²) in [5.74, 6) is 0.132. The van der Waals surface area contributed by atoms with Gasteiger partial charge in [0.25, 0.3) is 0 Å². The lowest BCUT2D eigenvalue weighted by molar-refractivity contribution is 0.222. The van der Waals surface area contributed by atoms with Crippen molar-refractivity contribution in [2.45, 2.75) is 32.6 Å². The molecule has 0 aromatic heterocycles. The van der Waals surface area contributed by atoms with E-state index in [9.17, 15) is 8.42 Å². The van der Waals surface area contributed by atoms with E-state index in [1.165, 1.54) is 4.31 Å². The zero-order valence-electron chi connectivity index (χ0n) is 17.4. The lowest BCUT2D eigenvalue weighted by atomic mass is 9.79. The molecule has 0 saturated carbocycles. The van der Waals surface area contributed by atoms with Crippen LogP contribution in [0.5, 0.6) is 0 Å². The fourth-order valence-corrected chi connectivity index (χ4v) is 5.76. The van der Waals surface area contributed by atoms with E-state index in [-0.39, 0.29) is 11.2 Å². The number of rotatable bonds is 6. The van der Waals surface area contributed by atoms with Crippen LogP contribution < -0.4 is 9.62 Å². The Morgan fingerprint density at radius 3 is 2.50 bits per heavy atom. The van der Waals surface area contributed by atoms with Gasteiger partial charge in [0, 0.05) is 24.4 Å². The van der Waals surface area contributed by atoms with Crippen LogP contribution >= 0.6 is 0 Å². The van der Waals surface area contributed by atoms with Gasteiger partial charge in [-0.1, -0.05) is 55.5 Å². The third-order valence-electron chi connectivity index (χ3n) is 6.11. The summed E-state index contributed by atoms with van der Waals surface area (Å²) in [6.45, 7) is 4.12. The van der Waals surface area contributed by atoms with Crippen LogP contribution in [0, 0.1) is 5.41 Å². The van der Waals surface area contributed by atoms with E-state index in [4.69, 9.17) is 0 Å². The molecule has 2 aromatic carbocycles. The molecule has 2 aromatic rings. The summed E-state index contributed by atoms with van der Waals surface area (Å²) in [6, 6.07) is 17.6. The van der Waals surface area contributed by atoms with Crippen LogP contribution in [-0.2, 0) is 16.4 Å². The molecule has 30 heavy (non-hydrogen) atoms. The molecule has 0 atom stereocenters. The fraction of sp³-hybridized carbons (Fsp3) is 0.375. The molecule has 2 aliphatic rings. The zero-order chi connectivity index (χ0) is 21.0. The van der Waals surface area contributed by atoms with Gasteiger partial charge in [-0.05, 0) is 49.4 Å². The van der Waals surface area contributed by atoms with Crippen LogP contribution in [0.2, 0.25) is 0 Å². The summed E-state index contributed by atoms with van der Waals surface area (Å²) >= 11 is 0. The standard InChI is InChI=1S/C24H29N3O2S/c1-24(11-14-25-15-12-24)13-16-30(28,29)27-19-22(17-20-7-3-2-4-8-20)26-18-21-9-5-6-10-23(21)27/h2-10,18-19,25H,11-17H2,1H3. The summed E-state index contributed by atoms with van der Waals surface area (Å²) in [5.41, 5.74) is 3.38. The van der Waals surface area contributed by atoms with E-state index < -0.39 is 10.0 Å². The second-order valence-electron chi connectivity index (χ2n) is 8.52. The Kier molecular flexibility index (Phi) is 6.06. The van der Waals surface area contributed by atoms with Crippen molar-refractivity contribution in [1.82, 2.24) is 5.32 Å². The first-order valence-electron chi connectivity index (χ1n) is 10.6. The van der Waals surface area contributed by atoms with E-state index in [0.717, 1.165) is 42.8 Å². The van der Waals surface area contributed by atoms with E-state index in [0.29, 0.717) is 18.5 Å². The van der Waals surface area contributed by atoms with Crippen LogP contribution in [0.15, 0.2) is 71.5 Å². The highest BCUT2D eigenvalue weighted by Crippen LogP contribution is 2.34. The van der Waals surface area contributed by atoms with Gasteiger partial charge in [0.2, 0.25) is 10.0 Å². The second kappa shape index (κ2) is 8.74. The van der Waals surface area contributed by atoms with Crippen molar-refractivity contribution >= 4 is 21.9 Å². The van der Waals surface area contributed by atoms with Crippen molar-refractivity contribution in [2.24, 2.45) is 10.4 Å². The number of nitrogens with one attached hydrogen (secondary N) is 1. The number of benzene rings is 2. The second-order valence-corrected chi connectivity index (χ2v) is 10.5. The number of piperidine rings is 1. The maximum absolute atomic E-state index is 13.5. The molecule has 0 radical (unpaired) electrons. The fourth-order valence-electron chi connectivity index (χ4n) is 4.07. The third kappa shape index (κ3) is 4.82. The molecule has 0 aliphatic carbocycles. The maximum atomic E-state index is 13.5. The molecule has 2 aliphatic heterocycles. The van der Waals surface area contributed by atoms with Crippen LogP contribution in [0.1, 0.15) is 37.3 Å². The molecule has 6 heteroatoms. The first kappa shape index (κ1) is 20.8. The topological polar surface area (TPSA) is 61.8 Å². The number of fused-ring (bicyclic) bond motifs is 1. The van der Waals surface area contributed by atoms with Gasteiger partial charge in [0.05, 0.1) is 17.1 Å². The van der Waals surface area contributed by atoms with E-state index in [2.05, 4.69) is 17.2 Å². The normalized spacial score (nSPS) is 18.4. The van der Waals surface area contributed by atoms with Gasteiger partial charge < -0.3 is 5.32 Å². The molecule has 1 saturated heterocycles. The summed E-state index contributed by atoms with van der Waals surface area (Å²) in [6.07, 6.45) is 6.75. The molecular formula is C24H29N3O2S. The minimum Gasteiger partial charge on any atom is -0.317 e. The SMILES string of the molecule is CC1(CCS(=O)(=O)N2C=C(Cc3ccccc3)N=Cc3ccccc32)CCNCC1. The van der Waals surface area contributed by atoms with E-state index in [1.807, 2.05) is 54.6 Å². The number of anilines is 1. The van der Waals surface area contributed by atoms with Crippen molar-refractivity contribution in [3.63, 3.8) is 0 Å². The molecule has 1 N–H and O–H groups in total. The molecule has 1 fully saturated rings.